The number of benzene rings is 1. The second-order valence-corrected chi connectivity index (χ2v) is 7.70. The fraction of sp³-hybridized carbons (Fsp3) is 0.700. The SMILES string of the molecule is O=[N+]([O-])c1ccccc1NC1CCN(CC2CCCCCCC2)CC1. The molecule has 1 N–H and O–H groups in total. The molecule has 0 spiro atoms. The Kier molecular flexibility index (Phi) is 6.68. The molecule has 1 saturated heterocycles. The third kappa shape index (κ3) is 5.43. The first-order valence-corrected chi connectivity index (χ1v) is 9.94. The van der Waals surface area contributed by atoms with Crippen LogP contribution in [0, 0.1) is 16.0 Å². The minimum atomic E-state index is -0.300. The Morgan fingerprint density at radius 2 is 1.64 bits per heavy atom. The van der Waals surface area contributed by atoms with Crippen molar-refractivity contribution in [1.29, 1.82) is 0 Å². The number of hydrogen-bond donors (Lipinski definition) is 1. The molecule has 3 rings (SSSR count). The Hall–Kier alpha value is -1.62. The van der Waals surface area contributed by atoms with Crippen LogP contribution in [0.5, 0.6) is 0 Å². The van der Waals surface area contributed by atoms with Gasteiger partial charge in [-0.2, -0.15) is 0 Å². The van der Waals surface area contributed by atoms with Crippen LogP contribution in [0.3, 0.4) is 0 Å². The normalized spacial score (nSPS) is 21.4. The fourth-order valence-corrected chi connectivity index (χ4v) is 4.32. The van der Waals surface area contributed by atoms with Gasteiger partial charge in [0.25, 0.3) is 5.69 Å². The molecule has 5 heteroatoms. The molecule has 25 heavy (non-hydrogen) atoms. The van der Waals surface area contributed by atoms with Gasteiger partial charge in [0.2, 0.25) is 0 Å². The van der Waals surface area contributed by atoms with Crippen molar-refractivity contribution in [2.24, 2.45) is 5.92 Å². The molecule has 138 valence electrons. The standard InChI is InChI=1S/C20H31N3O2/c24-23(25)20-11-7-6-10-19(20)21-18-12-14-22(15-13-18)16-17-8-4-2-1-3-5-9-17/h6-7,10-11,17-18,21H,1-5,8-9,12-16H2. The largest absolute Gasteiger partial charge is 0.377 e. The third-order valence-electron chi connectivity index (χ3n) is 5.79. The van der Waals surface area contributed by atoms with Gasteiger partial charge in [-0.1, -0.05) is 44.2 Å². The van der Waals surface area contributed by atoms with E-state index in [0.29, 0.717) is 11.7 Å². The van der Waals surface area contributed by atoms with Crippen molar-refractivity contribution < 1.29 is 4.92 Å². The molecule has 0 amide bonds. The molecule has 0 radical (unpaired) electrons. The molecule has 1 heterocycles. The molecule has 0 atom stereocenters. The first-order chi connectivity index (χ1) is 12.2. The lowest BCUT2D eigenvalue weighted by Gasteiger charge is -2.35. The van der Waals surface area contributed by atoms with Gasteiger partial charge in [-0.3, -0.25) is 10.1 Å². The topological polar surface area (TPSA) is 58.4 Å². The van der Waals surface area contributed by atoms with Crippen LogP contribution in [0.25, 0.3) is 0 Å². The van der Waals surface area contributed by atoms with Crippen LogP contribution in [-0.4, -0.2) is 35.5 Å². The van der Waals surface area contributed by atoms with Gasteiger partial charge in [0.1, 0.15) is 5.69 Å². The highest BCUT2D eigenvalue weighted by molar-refractivity contribution is 5.61. The molecule has 0 unspecified atom stereocenters. The lowest BCUT2D eigenvalue weighted by molar-refractivity contribution is -0.384. The zero-order chi connectivity index (χ0) is 17.5. The van der Waals surface area contributed by atoms with Gasteiger partial charge in [-0.25, -0.2) is 0 Å². The van der Waals surface area contributed by atoms with Crippen LogP contribution < -0.4 is 5.32 Å². The second kappa shape index (κ2) is 9.18. The average molecular weight is 345 g/mol. The predicted octanol–water partition coefficient (Wildman–Crippen LogP) is 4.83. The highest BCUT2D eigenvalue weighted by Gasteiger charge is 2.23. The van der Waals surface area contributed by atoms with E-state index < -0.39 is 0 Å². The van der Waals surface area contributed by atoms with E-state index in [1.807, 2.05) is 12.1 Å². The number of likely N-dealkylation sites (tertiary alicyclic amines) is 1. The van der Waals surface area contributed by atoms with E-state index in [1.165, 1.54) is 51.5 Å². The Morgan fingerprint density at radius 3 is 2.32 bits per heavy atom. The van der Waals surface area contributed by atoms with Gasteiger partial charge in [0.15, 0.2) is 0 Å². The van der Waals surface area contributed by atoms with Crippen molar-refractivity contribution >= 4 is 11.4 Å². The lowest BCUT2D eigenvalue weighted by Crippen LogP contribution is -2.41. The average Bonchev–Trinajstić information content (AvgIpc) is 2.59. The summed E-state index contributed by atoms with van der Waals surface area (Å²) in [7, 11) is 0. The van der Waals surface area contributed by atoms with Gasteiger partial charge in [-0.15, -0.1) is 0 Å². The minimum absolute atomic E-state index is 0.180. The summed E-state index contributed by atoms with van der Waals surface area (Å²) in [6.07, 6.45) is 12.0. The Bertz CT molecular complexity index is 548. The Morgan fingerprint density at radius 1 is 1.00 bits per heavy atom. The molecule has 0 bridgehead atoms. The van der Waals surface area contributed by atoms with Gasteiger partial charge < -0.3 is 10.2 Å². The van der Waals surface area contributed by atoms with Crippen molar-refractivity contribution in [2.45, 2.75) is 63.8 Å². The maximum absolute atomic E-state index is 11.1. The minimum Gasteiger partial charge on any atom is -0.377 e. The lowest BCUT2D eigenvalue weighted by atomic mass is 9.90. The number of hydrogen-bond acceptors (Lipinski definition) is 4. The number of nitro groups is 1. The van der Waals surface area contributed by atoms with Crippen molar-refractivity contribution in [3.05, 3.63) is 34.4 Å². The van der Waals surface area contributed by atoms with E-state index in [2.05, 4.69) is 10.2 Å². The number of piperidine rings is 1. The zero-order valence-corrected chi connectivity index (χ0v) is 15.2. The van der Waals surface area contributed by atoms with Gasteiger partial charge in [-0.05, 0) is 37.7 Å². The predicted molar refractivity (Wildman–Crippen MR) is 102 cm³/mol. The number of anilines is 1. The molecule has 1 aliphatic carbocycles. The summed E-state index contributed by atoms with van der Waals surface area (Å²) in [4.78, 5) is 13.5. The summed E-state index contributed by atoms with van der Waals surface area (Å²) < 4.78 is 0. The number of nitrogens with zero attached hydrogens (tertiary/aromatic N) is 2. The van der Waals surface area contributed by atoms with E-state index in [-0.39, 0.29) is 10.6 Å². The summed E-state index contributed by atoms with van der Waals surface area (Å²) in [5, 5.41) is 14.6. The summed E-state index contributed by atoms with van der Waals surface area (Å²) in [5.41, 5.74) is 0.838. The van der Waals surface area contributed by atoms with Crippen LogP contribution in [-0.2, 0) is 0 Å². The van der Waals surface area contributed by atoms with Gasteiger partial charge in [0.05, 0.1) is 4.92 Å². The maximum Gasteiger partial charge on any atom is 0.292 e. The van der Waals surface area contributed by atoms with E-state index in [0.717, 1.165) is 31.8 Å². The van der Waals surface area contributed by atoms with E-state index in [9.17, 15) is 10.1 Å². The summed E-state index contributed by atoms with van der Waals surface area (Å²) in [5.74, 6) is 0.875. The van der Waals surface area contributed by atoms with Crippen LogP contribution >= 0.6 is 0 Å². The van der Waals surface area contributed by atoms with Crippen LogP contribution in [0.1, 0.15) is 57.8 Å². The summed E-state index contributed by atoms with van der Waals surface area (Å²) in [6.45, 7) is 3.46. The summed E-state index contributed by atoms with van der Waals surface area (Å²) >= 11 is 0. The van der Waals surface area contributed by atoms with Crippen LogP contribution in [0.2, 0.25) is 0 Å². The molecule has 1 aromatic carbocycles. The molecular weight excluding hydrogens is 314 g/mol. The monoisotopic (exact) mass is 345 g/mol. The number of para-hydroxylation sites is 2. The number of nitrogens with one attached hydrogen (secondary N) is 1. The number of rotatable bonds is 5. The van der Waals surface area contributed by atoms with E-state index in [1.54, 1.807) is 12.1 Å². The fourth-order valence-electron chi connectivity index (χ4n) is 4.32. The Labute approximate surface area is 150 Å². The quantitative estimate of drug-likeness (QED) is 0.613. The highest BCUT2D eigenvalue weighted by Crippen LogP contribution is 2.27. The van der Waals surface area contributed by atoms with Crippen LogP contribution in [0.15, 0.2) is 24.3 Å². The molecule has 1 aromatic rings. The second-order valence-electron chi connectivity index (χ2n) is 7.70. The zero-order valence-electron chi connectivity index (χ0n) is 15.2. The molecule has 1 saturated carbocycles. The molecule has 2 aliphatic rings. The molecule has 2 fully saturated rings. The number of nitro benzene ring substituents is 1. The van der Waals surface area contributed by atoms with E-state index in [4.69, 9.17) is 0 Å². The molecule has 0 aromatic heterocycles. The smallest absolute Gasteiger partial charge is 0.292 e. The molecule has 1 aliphatic heterocycles. The van der Waals surface area contributed by atoms with Crippen molar-refractivity contribution in [3.8, 4) is 0 Å². The van der Waals surface area contributed by atoms with Crippen molar-refractivity contribution in [2.75, 3.05) is 25.0 Å². The van der Waals surface area contributed by atoms with Crippen molar-refractivity contribution in [3.63, 3.8) is 0 Å². The van der Waals surface area contributed by atoms with E-state index >= 15 is 0 Å². The summed E-state index contributed by atoms with van der Waals surface area (Å²) in [6, 6.07) is 7.32. The maximum atomic E-state index is 11.1. The van der Waals surface area contributed by atoms with Crippen molar-refractivity contribution in [1.82, 2.24) is 4.90 Å². The molecule has 5 nitrogen and oxygen atoms in total. The highest BCUT2D eigenvalue weighted by atomic mass is 16.6. The van der Waals surface area contributed by atoms with Gasteiger partial charge in [0, 0.05) is 31.7 Å². The molecular formula is C20H31N3O2. The van der Waals surface area contributed by atoms with Gasteiger partial charge >= 0.3 is 0 Å². The third-order valence-corrected chi connectivity index (χ3v) is 5.79. The Balaban J connectivity index is 1.46. The first-order valence-electron chi connectivity index (χ1n) is 9.94. The van der Waals surface area contributed by atoms with Crippen LogP contribution in [0.4, 0.5) is 11.4 Å². The first kappa shape index (κ1) is 18.2.